The summed E-state index contributed by atoms with van der Waals surface area (Å²) in [7, 11) is 1.54. The standard InChI is InChI=1S/C27H24N2O4/c1-17-13-15-20(16-14-17)28-25(30)18(2)33-27(32)24-23(19-9-5-4-6-10-19)21-11-7-8-12-22(21)26(31)29(24)3/h4-16,18H,1-3H3,(H,28,30). The van der Waals surface area contributed by atoms with Gasteiger partial charge < -0.3 is 14.6 Å². The number of carbonyl (C=O) groups excluding carboxylic acids is 2. The third-order valence-corrected chi connectivity index (χ3v) is 5.53. The predicted molar refractivity (Wildman–Crippen MR) is 129 cm³/mol. The summed E-state index contributed by atoms with van der Waals surface area (Å²) >= 11 is 0. The molecule has 0 saturated carbocycles. The van der Waals surface area contributed by atoms with Gasteiger partial charge in [-0.25, -0.2) is 4.79 Å². The Morgan fingerprint density at radius 3 is 2.15 bits per heavy atom. The monoisotopic (exact) mass is 440 g/mol. The van der Waals surface area contributed by atoms with Gasteiger partial charge in [0, 0.05) is 23.7 Å². The molecule has 1 atom stereocenters. The van der Waals surface area contributed by atoms with Crippen molar-refractivity contribution in [2.75, 3.05) is 5.32 Å². The molecule has 33 heavy (non-hydrogen) atoms. The van der Waals surface area contributed by atoms with Crippen LogP contribution < -0.4 is 10.9 Å². The van der Waals surface area contributed by atoms with Crippen LogP contribution in [-0.4, -0.2) is 22.5 Å². The first-order valence-electron chi connectivity index (χ1n) is 10.6. The van der Waals surface area contributed by atoms with E-state index in [1.54, 1.807) is 24.3 Å². The maximum absolute atomic E-state index is 13.3. The summed E-state index contributed by atoms with van der Waals surface area (Å²) in [6.07, 6.45) is -1.07. The third kappa shape index (κ3) is 4.41. The maximum atomic E-state index is 13.3. The molecule has 0 fully saturated rings. The summed E-state index contributed by atoms with van der Waals surface area (Å²) in [5.74, 6) is -1.20. The van der Waals surface area contributed by atoms with E-state index in [0.717, 1.165) is 11.1 Å². The fourth-order valence-corrected chi connectivity index (χ4v) is 3.75. The van der Waals surface area contributed by atoms with Crippen molar-refractivity contribution in [1.82, 2.24) is 4.57 Å². The minimum absolute atomic E-state index is 0.0971. The van der Waals surface area contributed by atoms with Gasteiger partial charge in [-0.3, -0.25) is 9.59 Å². The third-order valence-electron chi connectivity index (χ3n) is 5.53. The number of carbonyl (C=O) groups is 2. The number of nitrogens with zero attached hydrogens (tertiary/aromatic N) is 1. The van der Waals surface area contributed by atoms with Crippen LogP contribution in [-0.2, 0) is 16.6 Å². The van der Waals surface area contributed by atoms with Gasteiger partial charge in [-0.2, -0.15) is 0 Å². The van der Waals surface area contributed by atoms with Gasteiger partial charge in [-0.05, 0) is 43.0 Å². The van der Waals surface area contributed by atoms with E-state index >= 15 is 0 Å². The number of esters is 1. The van der Waals surface area contributed by atoms with E-state index < -0.39 is 18.0 Å². The van der Waals surface area contributed by atoms with Crippen molar-refractivity contribution in [3.63, 3.8) is 0 Å². The van der Waals surface area contributed by atoms with E-state index in [1.807, 2.05) is 61.5 Å². The van der Waals surface area contributed by atoms with Crippen molar-refractivity contribution in [2.24, 2.45) is 7.05 Å². The predicted octanol–water partition coefficient (Wildman–Crippen LogP) is 4.70. The highest BCUT2D eigenvalue weighted by Gasteiger charge is 2.26. The van der Waals surface area contributed by atoms with Crippen LogP contribution in [0.25, 0.3) is 21.9 Å². The zero-order valence-electron chi connectivity index (χ0n) is 18.7. The Kier molecular flexibility index (Phi) is 6.09. The van der Waals surface area contributed by atoms with Crippen LogP contribution in [0.2, 0.25) is 0 Å². The maximum Gasteiger partial charge on any atom is 0.356 e. The van der Waals surface area contributed by atoms with Crippen LogP contribution >= 0.6 is 0 Å². The van der Waals surface area contributed by atoms with Crippen molar-refractivity contribution in [2.45, 2.75) is 20.0 Å². The Balaban J connectivity index is 1.72. The zero-order chi connectivity index (χ0) is 23.5. The minimum atomic E-state index is -1.07. The minimum Gasteiger partial charge on any atom is -0.448 e. The van der Waals surface area contributed by atoms with Gasteiger partial charge in [0.2, 0.25) is 0 Å². The Labute approximate surface area is 191 Å². The zero-order valence-corrected chi connectivity index (χ0v) is 18.7. The second-order valence-corrected chi connectivity index (χ2v) is 7.90. The molecular weight excluding hydrogens is 416 g/mol. The first-order chi connectivity index (χ1) is 15.9. The summed E-state index contributed by atoms with van der Waals surface area (Å²) < 4.78 is 6.82. The highest BCUT2D eigenvalue weighted by Crippen LogP contribution is 2.31. The van der Waals surface area contributed by atoms with Crippen molar-refractivity contribution >= 4 is 28.3 Å². The molecule has 1 heterocycles. The van der Waals surface area contributed by atoms with E-state index in [2.05, 4.69) is 5.32 Å². The quantitative estimate of drug-likeness (QED) is 0.457. The number of aryl methyl sites for hydroxylation is 1. The lowest BCUT2D eigenvalue weighted by atomic mass is 9.97. The van der Waals surface area contributed by atoms with Crippen LogP contribution in [0.3, 0.4) is 0 Å². The molecule has 1 aromatic heterocycles. The van der Waals surface area contributed by atoms with E-state index in [-0.39, 0.29) is 11.3 Å². The topological polar surface area (TPSA) is 77.4 Å². The van der Waals surface area contributed by atoms with Gasteiger partial charge in [0.05, 0.1) is 0 Å². The molecule has 1 amide bonds. The molecule has 0 saturated heterocycles. The number of benzene rings is 3. The van der Waals surface area contributed by atoms with E-state index in [4.69, 9.17) is 4.74 Å². The Bertz CT molecular complexity index is 1390. The molecule has 3 aromatic carbocycles. The summed E-state index contributed by atoms with van der Waals surface area (Å²) in [5.41, 5.74) is 2.82. The molecule has 0 bridgehead atoms. The van der Waals surface area contributed by atoms with E-state index in [1.165, 1.54) is 18.5 Å². The number of hydrogen-bond acceptors (Lipinski definition) is 4. The molecule has 166 valence electrons. The molecule has 0 aliphatic carbocycles. The second-order valence-electron chi connectivity index (χ2n) is 7.90. The van der Waals surface area contributed by atoms with Crippen LogP contribution in [0.5, 0.6) is 0 Å². The fourth-order valence-electron chi connectivity index (χ4n) is 3.75. The second kappa shape index (κ2) is 9.12. The van der Waals surface area contributed by atoms with E-state index in [0.29, 0.717) is 22.0 Å². The van der Waals surface area contributed by atoms with Crippen LogP contribution in [0.15, 0.2) is 83.7 Å². The Morgan fingerprint density at radius 2 is 1.48 bits per heavy atom. The van der Waals surface area contributed by atoms with Crippen molar-refractivity contribution in [3.05, 3.63) is 100 Å². The number of fused-ring (bicyclic) bond motifs is 1. The molecule has 1 unspecified atom stereocenters. The van der Waals surface area contributed by atoms with Gasteiger partial charge in [0.15, 0.2) is 6.10 Å². The number of pyridine rings is 1. The molecule has 6 nitrogen and oxygen atoms in total. The molecular formula is C27H24N2O4. The number of nitrogens with one attached hydrogen (secondary N) is 1. The highest BCUT2D eigenvalue weighted by molar-refractivity contribution is 6.07. The Morgan fingerprint density at radius 1 is 0.879 bits per heavy atom. The largest absolute Gasteiger partial charge is 0.448 e. The van der Waals surface area contributed by atoms with Crippen molar-refractivity contribution in [3.8, 4) is 11.1 Å². The number of amides is 1. The molecule has 4 rings (SSSR count). The summed E-state index contributed by atoms with van der Waals surface area (Å²) in [5, 5.41) is 3.89. The van der Waals surface area contributed by atoms with Crippen molar-refractivity contribution in [1.29, 1.82) is 0 Å². The number of aromatic nitrogens is 1. The lowest BCUT2D eigenvalue weighted by molar-refractivity contribution is -0.123. The van der Waals surface area contributed by atoms with Gasteiger partial charge in [-0.15, -0.1) is 0 Å². The van der Waals surface area contributed by atoms with E-state index in [9.17, 15) is 14.4 Å². The Hall–Kier alpha value is -4.19. The molecule has 0 aliphatic heterocycles. The first-order valence-corrected chi connectivity index (χ1v) is 10.6. The number of anilines is 1. The smallest absolute Gasteiger partial charge is 0.356 e. The summed E-state index contributed by atoms with van der Waals surface area (Å²) in [4.78, 5) is 38.9. The molecule has 6 heteroatoms. The van der Waals surface area contributed by atoms with Gasteiger partial charge in [0.25, 0.3) is 11.5 Å². The lowest BCUT2D eigenvalue weighted by Gasteiger charge is -2.19. The van der Waals surface area contributed by atoms with Crippen LogP contribution in [0, 0.1) is 6.92 Å². The highest BCUT2D eigenvalue weighted by atomic mass is 16.5. The van der Waals surface area contributed by atoms with Gasteiger partial charge in [0.1, 0.15) is 5.69 Å². The van der Waals surface area contributed by atoms with Crippen LogP contribution in [0.1, 0.15) is 23.0 Å². The number of ether oxygens (including phenoxy) is 1. The average molecular weight is 440 g/mol. The van der Waals surface area contributed by atoms with Gasteiger partial charge in [-0.1, -0.05) is 66.2 Å². The molecule has 1 N–H and O–H groups in total. The fraction of sp³-hybridized carbons (Fsp3) is 0.148. The number of rotatable bonds is 5. The van der Waals surface area contributed by atoms with Gasteiger partial charge >= 0.3 is 5.97 Å². The average Bonchev–Trinajstić information content (AvgIpc) is 2.83. The van der Waals surface area contributed by atoms with Crippen LogP contribution in [0.4, 0.5) is 5.69 Å². The lowest BCUT2D eigenvalue weighted by Crippen LogP contribution is -2.32. The SMILES string of the molecule is Cc1ccc(NC(=O)C(C)OC(=O)c2c(-c3ccccc3)c3ccccc3c(=O)n2C)cc1. The summed E-state index contributed by atoms with van der Waals surface area (Å²) in [6, 6.07) is 23.8. The molecule has 4 aromatic rings. The van der Waals surface area contributed by atoms with Crippen molar-refractivity contribution < 1.29 is 14.3 Å². The summed E-state index contributed by atoms with van der Waals surface area (Å²) in [6.45, 7) is 3.46. The molecule has 0 aliphatic rings. The molecule has 0 radical (unpaired) electrons. The first kappa shape index (κ1) is 22.0. The number of hydrogen-bond donors (Lipinski definition) is 1. The molecule has 0 spiro atoms. The normalized spacial score (nSPS) is 11.7.